The van der Waals surface area contributed by atoms with E-state index in [1.165, 1.54) is 18.2 Å². The number of benzene rings is 1. The molecule has 2 aromatic rings. The summed E-state index contributed by atoms with van der Waals surface area (Å²) in [6.45, 7) is 0. The number of aliphatic carboxylic acids is 1. The number of fused-ring (bicyclic) bond motifs is 1. The Morgan fingerprint density at radius 2 is 1.70 bits per heavy atom. The van der Waals surface area contributed by atoms with Crippen molar-refractivity contribution in [1.29, 1.82) is 0 Å². The lowest BCUT2D eigenvalue weighted by Crippen LogP contribution is -2.28. The van der Waals surface area contributed by atoms with Crippen molar-refractivity contribution in [2.75, 3.05) is 5.32 Å². The van der Waals surface area contributed by atoms with Crippen LogP contribution in [0.15, 0.2) is 39.9 Å². The van der Waals surface area contributed by atoms with Gasteiger partial charge in [0.1, 0.15) is 0 Å². The first-order valence-corrected chi connectivity index (χ1v) is 5.44. The van der Waals surface area contributed by atoms with E-state index in [2.05, 4.69) is 15.3 Å². The molecule has 0 bridgehead atoms. The highest BCUT2D eigenvalue weighted by Gasteiger charge is 2.03. The molecule has 0 aliphatic carbocycles. The molecule has 0 fully saturated rings. The van der Waals surface area contributed by atoms with E-state index < -0.39 is 23.0 Å². The number of hydrogen-bond donors (Lipinski definition) is 4. The number of nitrogens with one attached hydrogen (secondary N) is 3. The van der Waals surface area contributed by atoms with Crippen LogP contribution < -0.4 is 16.4 Å². The Labute approximate surface area is 110 Å². The second-order valence-corrected chi connectivity index (χ2v) is 3.83. The highest BCUT2D eigenvalue weighted by atomic mass is 16.4. The molecule has 0 unspecified atom stereocenters. The summed E-state index contributed by atoms with van der Waals surface area (Å²) in [6.07, 6.45) is 1.57. The largest absolute Gasteiger partial charge is 0.478 e. The Morgan fingerprint density at radius 3 is 2.35 bits per heavy atom. The summed E-state index contributed by atoms with van der Waals surface area (Å²) in [6, 6.07) is 4.45. The normalized spacial score (nSPS) is 10.8. The predicted molar refractivity (Wildman–Crippen MR) is 70.6 cm³/mol. The zero-order valence-electron chi connectivity index (χ0n) is 9.97. The van der Waals surface area contributed by atoms with Gasteiger partial charge in [0.05, 0.1) is 11.0 Å². The van der Waals surface area contributed by atoms with Gasteiger partial charge in [-0.05, 0) is 18.2 Å². The third-order valence-electron chi connectivity index (χ3n) is 2.37. The molecule has 0 atom stereocenters. The third-order valence-corrected chi connectivity index (χ3v) is 2.37. The maximum absolute atomic E-state index is 11.4. The number of aromatic nitrogens is 2. The lowest BCUT2D eigenvalue weighted by Gasteiger charge is -2.03. The highest BCUT2D eigenvalue weighted by Crippen LogP contribution is 2.13. The van der Waals surface area contributed by atoms with Crippen LogP contribution in [0, 0.1) is 0 Å². The van der Waals surface area contributed by atoms with Crippen LogP contribution in [0.3, 0.4) is 0 Å². The highest BCUT2D eigenvalue weighted by molar-refractivity contribution is 6.02. The molecule has 1 amide bonds. The average Bonchev–Trinajstić information content (AvgIpc) is 2.38. The fourth-order valence-electron chi connectivity index (χ4n) is 1.52. The molecule has 1 aromatic carbocycles. The fourth-order valence-corrected chi connectivity index (χ4v) is 1.52. The molecule has 20 heavy (non-hydrogen) atoms. The van der Waals surface area contributed by atoms with E-state index in [9.17, 15) is 19.2 Å². The van der Waals surface area contributed by atoms with Crippen molar-refractivity contribution in [3.8, 4) is 0 Å². The van der Waals surface area contributed by atoms with Gasteiger partial charge in [0, 0.05) is 17.8 Å². The summed E-state index contributed by atoms with van der Waals surface area (Å²) >= 11 is 0. The summed E-state index contributed by atoms with van der Waals surface area (Å²) in [5.74, 6) is -1.86. The van der Waals surface area contributed by atoms with Crippen molar-refractivity contribution in [3.63, 3.8) is 0 Å². The van der Waals surface area contributed by atoms with E-state index in [1.54, 1.807) is 0 Å². The Bertz CT molecular complexity index is 831. The number of carboxylic acid groups (broad SMARTS) is 1. The molecule has 0 radical (unpaired) electrons. The van der Waals surface area contributed by atoms with Crippen molar-refractivity contribution >= 4 is 28.6 Å². The van der Waals surface area contributed by atoms with Crippen LogP contribution in [-0.2, 0) is 9.59 Å². The van der Waals surface area contributed by atoms with Gasteiger partial charge in [-0.1, -0.05) is 0 Å². The standard InChI is InChI=1S/C12H9N3O5/c16-9(3-4-10(17)18)13-6-1-2-7-8(5-6)15-12(20)11(19)14-7/h1-5H,(H,13,16)(H,14,19)(H,15,20)(H,17,18)/b4-3+. The fraction of sp³-hybridized carbons (Fsp3) is 0. The topological polar surface area (TPSA) is 132 Å². The monoisotopic (exact) mass is 275 g/mol. The van der Waals surface area contributed by atoms with Gasteiger partial charge in [-0.2, -0.15) is 0 Å². The van der Waals surface area contributed by atoms with E-state index in [0.29, 0.717) is 22.8 Å². The first-order chi connectivity index (χ1) is 9.45. The lowest BCUT2D eigenvalue weighted by atomic mass is 10.2. The Balaban J connectivity index is 2.30. The molecule has 4 N–H and O–H groups in total. The van der Waals surface area contributed by atoms with Crippen LogP contribution in [0.4, 0.5) is 5.69 Å². The van der Waals surface area contributed by atoms with E-state index in [0.717, 1.165) is 6.08 Å². The number of rotatable bonds is 3. The van der Waals surface area contributed by atoms with E-state index in [1.807, 2.05) is 0 Å². The number of aromatic amines is 2. The molecule has 2 rings (SSSR count). The van der Waals surface area contributed by atoms with Gasteiger partial charge in [-0.25, -0.2) is 4.79 Å². The summed E-state index contributed by atoms with van der Waals surface area (Å²) in [5.41, 5.74) is -0.464. The predicted octanol–water partition coefficient (Wildman–Crippen LogP) is -0.204. The summed E-state index contributed by atoms with van der Waals surface area (Å²) in [7, 11) is 0. The van der Waals surface area contributed by atoms with Gasteiger partial charge in [-0.15, -0.1) is 0 Å². The zero-order valence-corrected chi connectivity index (χ0v) is 9.97. The smallest absolute Gasteiger partial charge is 0.328 e. The van der Waals surface area contributed by atoms with E-state index in [4.69, 9.17) is 5.11 Å². The average molecular weight is 275 g/mol. The van der Waals surface area contributed by atoms with Gasteiger partial charge >= 0.3 is 17.1 Å². The molecule has 102 valence electrons. The molecule has 0 aliphatic heterocycles. The maximum atomic E-state index is 11.4. The summed E-state index contributed by atoms with van der Waals surface area (Å²) in [4.78, 5) is 48.7. The minimum Gasteiger partial charge on any atom is -0.478 e. The lowest BCUT2D eigenvalue weighted by molar-refractivity contribution is -0.131. The zero-order chi connectivity index (χ0) is 14.7. The molecule has 1 heterocycles. The van der Waals surface area contributed by atoms with Gasteiger partial charge < -0.3 is 20.4 Å². The van der Waals surface area contributed by atoms with Crippen molar-refractivity contribution in [2.45, 2.75) is 0 Å². The number of anilines is 1. The third kappa shape index (κ3) is 2.99. The molecular weight excluding hydrogens is 266 g/mol. The summed E-state index contributed by atoms with van der Waals surface area (Å²) in [5, 5.41) is 10.8. The molecule has 8 heteroatoms. The van der Waals surface area contributed by atoms with Crippen LogP contribution in [0.25, 0.3) is 11.0 Å². The Kier molecular flexibility index (Phi) is 3.47. The van der Waals surface area contributed by atoms with Gasteiger partial charge in [0.2, 0.25) is 5.91 Å². The molecule has 1 aromatic heterocycles. The van der Waals surface area contributed by atoms with Crippen molar-refractivity contribution < 1.29 is 14.7 Å². The second kappa shape index (κ2) is 5.22. The number of hydrogen-bond acceptors (Lipinski definition) is 4. The molecular formula is C12H9N3O5. The van der Waals surface area contributed by atoms with Gasteiger partial charge in [0.15, 0.2) is 0 Å². The molecule has 0 saturated heterocycles. The second-order valence-electron chi connectivity index (χ2n) is 3.83. The number of amides is 1. The van der Waals surface area contributed by atoms with Crippen LogP contribution >= 0.6 is 0 Å². The van der Waals surface area contributed by atoms with Crippen LogP contribution in [-0.4, -0.2) is 27.0 Å². The first kappa shape index (κ1) is 13.3. The number of H-pyrrole nitrogens is 2. The minimum absolute atomic E-state index is 0.342. The van der Waals surface area contributed by atoms with Crippen molar-refractivity contribution in [2.24, 2.45) is 0 Å². The molecule has 0 saturated carbocycles. The maximum Gasteiger partial charge on any atom is 0.328 e. The van der Waals surface area contributed by atoms with Crippen LogP contribution in [0.1, 0.15) is 0 Å². The summed E-state index contributed by atoms with van der Waals surface area (Å²) < 4.78 is 0. The van der Waals surface area contributed by atoms with Crippen LogP contribution in [0.5, 0.6) is 0 Å². The van der Waals surface area contributed by atoms with Gasteiger partial charge in [0.25, 0.3) is 0 Å². The number of carbonyl (C=O) groups is 2. The first-order valence-electron chi connectivity index (χ1n) is 5.44. The molecule has 0 spiro atoms. The van der Waals surface area contributed by atoms with Crippen LogP contribution in [0.2, 0.25) is 0 Å². The molecule has 0 aliphatic rings. The number of carbonyl (C=O) groups excluding carboxylic acids is 1. The van der Waals surface area contributed by atoms with E-state index in [-0.39, 0.29) is 0 Å². The SMILES string of the molecule is O=C(O)/C=C/C(=O)Nc1ccc2[nH]c(=O)c(=O)[nH]c2c1. The Morgan fingerprint density at radius 1 is 1.05 bits per heavy atom. The minimum atomic E-state index is -1.24. The Hall–Kier alpha value is -3.16. The van der Waals surface area contributed by atoms with Crippen molar-refractivity contribution in [1.82, 2.24) is 9.97 Å². The quantitative estimate of drug-likeness (QED) is 0.454. The molecule has 8 nitrogen and oxygen atoms in total. The van der Waals surface area contributed by atoms with E-state index >= 15 is 0 Å². The number of carboxylic acids is 1. The van der Waals surface area contributed by atoms with Gasteiger partial charge in [-0.3, -0.25) is 14.4 Å². The van der Waals surface area contributed by atoms with Crippen molar-refractivity contribution in [3.05, 3.63) is 51.1 Å².